The summed E-state index contributed by atoms with van der Waals surface area (Å²) >= 11 is 1.96. The molecule has 0 amide bonds. The van der Waals surface area contributed by atoms with E-state index in [1.165, 1.54) is 22.8 Å². The number of rotatable bonds is 0. The Hall–Kier alpha value is -0.110. The van der Waals surface area contributed by atoms with Crippen molar-refractivity contribution in [3.63, 3.8) is 0 Å². The Balaban J connectivity index is 2.55. The molecule has 1 rings (SSSR count). The van der Waals surface area contributed by atoms with E-state index in [0.717, 1.165) is 6.54 Å². The SMILES string of the molecule is CC1=C(C)SCCCN1. The summed E-state index contributed by atoms with van der Waals surface area (Å²) < 4.78 is 0. The van der Waals surface area contributed by atoms with Gasteiger partial charge < -0.3 is 5.32 Å². The Bertz CT molecular complexity index is 115. The van der Waals surface area contributed by atoms with E-state index >= 15 is 0 Å². The van der Waals surface area contributed by atoms with Crippen molar-refractivity contribution in [2.24, 2.45) is 0 Å². The lowest BCUT2D eigenvalue weighted by Gasteiger charge is -2.02. The lowest BCUT2D eigenvalue weighted by Crippen LogP contribution is -2.11. The molecule has 2 heteroatoms. The van der Waals surface area contributed by atoms with Crippen molar-refractivity contribution < 1.29 is 0 Å². The summed E-state index contributed by atoms with van der Waals surface area (Å²) in [6.07, 6.45) is 1.29. The maximum Gasteiger partial charge on any atom is 0.0169 e. The van der Waals surface area contributed by atoms with Gasteiger partial charge in [-0.25, -0.2) is 0 Å². The molecule has 1 aliphatic rings. The van der Waals surface area contributed by atoms with E-state index in [-0.39, 0.29) is 0 Å². The standard InChI is InChI=1S/C7H13NS/c1-6-7(2)9-5-3-4-8-6/h8H,3-5H2,1-2H3. The minimum Gasteiger partial charge on any atom is -0.388 e. The maximum absolute atomic E-state index is 3.35. The molecule has 0 unspecified atom stereocenters. The minimum atomic E-state index is 1.15. The van der Waals surface area contributed by atoms with Crippen LogP contribution in [0.25, 0.3) is 0 Å². The Morgan fingerprint density at radius 1 is 1.44 bits per heavy atom. The Labute approximate surface area is 60.9 Å². The normalized spacial score (nSPS) is 21.1. The Morgan fingerprint density at radius 2 is 2.22 bits per heavy atom. The van der Waals surface area contributed by atoms with Crippen LogP contribution in [0.1, 0.15) is 20.3 Å². The molecule has 0 aromatic rings. The molecule has 0 radical (unpaired) electrons. The molecule has 1 heterocycles. The quantitative estimate of drug-likeness (QED) is 0.556. The van der Waals surface area contributed by atoms with Crippen LogP contribution >= 0.6 is 11.8 Å². The lowest BCUT2D eigenvalue weighted by molar-refractivity contribution is 0.780. The third-order valence-corrected chi connectivity index (χ3v) is 2.79. The van der Waals surface area contributed by atoms with Crippen LogP contribution in [-0.4, -0.2) is 12.3 Å². The third kappa shape index (κ3) is 1.94. The predicted molar refractivity (Wildman–Crippen MR) is 43.5 cm³/mol. The first-order valence-electron chi connectivity index (χ1n) is 3.35. The topological polar surface area (TPSA) is 12.0 Å². The molecule has 0 saturated carbocycles. The van der Waals surface area contributed by atoms with Crippen molar-refractivity contribution in [3.8, 4) is 0 Å². The fraction of sp³-hybridized carbons (Fsp3) is 0.714. The average molecular weight is 143 g/mol. The molecule has 1 aliphatic heterocycles. The molecule has 1 N–H and O–H groups in total. The van der Waals surface area contributed by atoms with E-state index in [1.807, 2.05) is 11.8 Å². The van der Waals surface area contributed by atoms with Crippen LogP contribution in [0.15, 0.2) is 10.6 Å². The molecule has 1 nitrogen and oxygen atoms in total. The lowest BCUT2D eigenvalue weighted by atomic mass is 10.4. The molecular formula is C7H13NS. The molecule has 0 bridgehead atoms. The van der Waals surface area contributed by atoms with Crippen LogP contribution in [0.3, 0.4) is 0 Å². The molecule has 0 aromatic carbocycles. The summed E-state index contributed by atoms with van der Waals surface area (Å²) in [6, 6.07) is 0. The second-order valence-corrected chi connectivity index (χ2v) is 3.62. The minimum absolute atomic E-state index is 1.15. The van der Waals surface area contributed by atoms with Gasteiger partial charge in [0, 0.05) is 17.1 Å². The summed E-state index contributed by atoms with van der Waals surface area (Å²) in [5.74, 6) is 1.27. The molecule has 0 saturated heterocycles. The van der Waals surface area contributed by atoms with E-state index in [4.69, 9.17) is 0 Å². The largest absolute Gasteiger partial charge is 0.388 e. The van der Waals surface area contributed by atoms with Gasteiger partial charge in [0.2, 0.25) is 0 Å². The van der Waals surface area contributed by atoms with Gasteiger partial charge in [-0.05, 0) is 26.0 Å². The highest BCUT2D eigenvalue weighted by molar-refractivity contribution is 8.03. The number of allylic oxidation sites excluding steroid dienone is 2. The first kappa shape index (κ1) is 7.00. The van der Waals surface area contributed by atoms with Crippen LogP contribution in [0.5, 0.6) is 0 Å². The number of hydrogen-bond acceptors (Lipinski definition) is 2. The molecule has 0 aliphatic carbocycles. The highest BCUT2D eigenvalue weighted by Gasteiger charge is 2.01. The third-order valence-electron chi connectivity index (χ3n) is 1.56. The Kier molecular flexibility index (Phi) is 2.46. The molecular weight excluding hydrogens is 130 g/mol. The van der Waals surface area contributed by atoms with Gasteiger partial charge in [-0.1, -0.05) is 0 Å². The predicted octanol–water partition coefficient (Wildman–Crippen LogP) is 1.96. The van der Waals surface area contributed by atoms with E-state index in [0.29, 0.717) is 0 Å². The van der Waals surface area contributed by atoms with E-state index < -0.39 is 0 Å². The average Bonchev–Trinajstić information content (AvgIpc) is 1.99. The molecule has 52 valence electrons. The zero-order valence-electron chi connectivity index (χ0n) is 6.03. The number of thioether (sulfide) groups is 1. The van der Waals surface area contributed by atoms with E-state index in [1.54, 1.807) is 0 Å². The summed E-state index contributed by atoms with van der Waals surface area (Å²) in [4.78, 5) is 1.45. The second-order valence-electron chi connectivity index (χ2n) is 2.31. The zero-order chi connectivity index (χ0) is 6.69. The highest BCUT2D eigenvalue weighted by atomic mass is 32.2. The van der Waals surface area contributed by atoms with Crippen molar-refractivity contribution in [2.75, 3.05) is 12.3 Å². The van der Waals surface area contributed by atoms with Gasteiger partial charge in [-0.15, -0.1) is 11.8 Å². The van der Waals surface area contributed by atoms with Gasteiger partial charge in [0.1, 0.15) is 0 Å². The van der Waals surface area contributed by atoms with Crippen LogP contribution in [0, 0.1) is 0 Å². The van der Waals surface area contributed by atoms with Crippen LogP contribution in [0.2, 0.25) is 0 Å². The molecule has 0 spiro atoms. The van der Waals surface area contributed by atoms with Crippen molar-refractivity contribution >= 4 is 11.8 Å². The van der Waals surface area contributed by atoms with E-state index in [9.17, 15) is 0 Å². The van der Waals surface area contributed by atoms with Crippen molar-refractivity contribution in [1.82, 2.24) is 5.32 Å². The fourth-order valence-electron chi connectivity index (χ4n) is 0.806. The van der Waals surface area contributed by atoms with Crippen LogP contribution in [0.4, 0.5) is 0 Å². The summed E-state index contributed by atoms with van der Waals surface area (Å²) in [6.45, 7) is 5.47. The molecule has 0 fully saturated rings. The number of hydrogen-bond donors (Lipinski definition) is 1. The Morgan fingerprint density at radius 3 is 3.00 bits per heavy atom. The van der Waals surface area contributed by atoms with Gasteiger partial charge in [0.25, 0.3) is 0 Å². The van der Waals surface area contributed by atoms with Gasteiger partial charge in [0.15, 0.2) is 0 Å². The van der Waals surface area contributed by atoms with Gasteiger partial charge >= 0.3 is 0 Å². The monoisotopic (exact) mass is 143 g/mol. The van der Waals surface area contributed by atoms with Gasteiger partial charge in [-0.3, -0.25) is 0 Å². The fourth-order valence-corrected chi connectivity index (χ4v) is 1.69. The van der Waals surface area contributed by atoms with Crippen molar-refractivity contribution in [3.05, 3.63) is 10.6 Å². The summed E-state index contributed by atoms with van der Waals surface area (Å²) in [7, 11) is 0. The summed E-state index contributed by atoms with van der Waals surface area (Å²) in [5.41, 5.74) is 1.36. The smallest absolute Gasteiger partial charge is 0.0169 e. The maximum atomic E-state index is 3.35. The second kappa shape index (κ2) is 3.16. The molecule has 0 aromatic heterocycles. The molecule has 9 heavy (non-hydrogen) atoms. The molecule has 0 atom stereocenters. The van der Waals surface area contributed by atoms with E-state index in [2.05, 4.69) is 19.2 Å². The van der Waals surface area contributed by atoms with Crippen LogP contribution < -0.4 is 5.32 Å². The van der Waals surface area contributed by atoms with Crippen molar-refractivity contribution in [2.45, 2.75) is 20.3 Å². The summed E-state index contributed by atoms with van der Waals surface area (Å²) in [5, 5.41) is 3.35. The highest BCUT2D eigenvalue weighted by Crippen LogP contribution is 2.20. The zero-order valence-corrected chi connectivity index (χ0v) is 6.85. The van der Waals surface area contributed by atoms with Gasteiger partial charge in [0.05, 0.1) is 0 Å². The first-order valence-corrected chi connectivity index (χ1v) is 4.33. The first-order chi connectivity index (χ1) is 4.30. The van der Waals surface area contributed by atoms with Crippen molar-refractivity contribution in [1.29, 1.82) is 0 Å². The van der Waals surface area contributed by atoms with Gasteiger partial charge in [-0.2, -0.15) is 0 Å². The van der Waals surface area contributed by atoms with Crippen LogP contribution in [-0.2, 0) is 0 Å². The number of nitrogens with one attached hydrogen (secondary N) is 1.